The predicted octanol–water partition coefficient (Wildman–Crippen LogP) is 0.624. The Morgan fingerprint density at radius 3 is 2.39 bits per heavy atom. The Morgan fingerprint density at radius 1 is 1.39 bits per heavy atom. The summed E-state index contributed by atoms with van der Waals surface area (Å²) < 4.78 is 31.3. The summed E-state index contributed by atoms with van der Waals surface area (Å²) in [6, 6.07) is 0. The molecule has 0 aliphatic carbocycles. The average Bonchev–Trinajstić information content (AvgIpc) is 2.39. The van der Waals surface area contributed by atoms with Gasteiger partial charge in [-0.1, -0.05) is 0 Å². The second-order valence-electron chi connectivity index (χ2n) is 4.80. The van der Waals surface area contributed by atoms with Gasteiger partial charge in [-0.15, -0.1) is 0 Å². The largest absolute Gasteiger partial charge is 0.443 e. The summed E-state index contributed by atoms with van der Waals surface area (Å²) >= 11 is 0. The third-order valence-electron chi connectivity index (χ3n) is 1.74. The highest BCUT2D eigenvalue weighted by Crippen LogP contribution is 2.17. The summed E-state index contributed by atoms with van der Waals surface area (Å²) in [5, 5.41) is 0. The van der Waals surface area contributed by atoms with Gasteiger partial charge in [0.15, 0.2) is 0 Å². The summed E-state index contributed by atoms with van der Waals surface area (Å²) in [4.78, 5) is 23.9. The van der Waals surface area contributed by atoms with Crippen molar-refractivity contribution in [1.82, 2.24) is 4.90 Å². The summed E-state index contributed by atoms with van der Waals surface area (Å²) in [5.74, 6) is -0.767. The number of hydrogen-bond acceptors (Lipinski definition) is 6. The molecule has 0 atom stereocenters. The zero-order valence-corrected chi connectivity index (χ0v) is 11.4. The van der Waals surface area contributed by atoms with Gasteiger partial charge in [-0.25, -0.2) is 9.69 Å². The molecule has 0 radical (unpaired) electrons. The molecule has 0 unspecified atom stereocenters. The molecule has 1 rings (SSSR count). The van der Waals surface area contributed by atoms with E-state index in [1.165, 1.54) is 0 Å². The fraction of sp³-hybridized carbons (Fsp3) is 0.600. The average molecular weight is 277 g/mol. The van der Waals surface area contributed by atoms with Crippen LogP contribution in [0.25, 0.3) is 0 Å². The second-order valence-corrected chi connectivity index (χ2v) is 6.38. The van der Waals surface area contributed by atoms with Gasteiger partial charge in [0.1, 0.15) is 11.4 Å². The minimum Gasteiger partial charge on any atom is -0.443 e. The molecule has 8 heteroatoms. The van der Waals surface area contributed by atoms with Crippen molar-refractivity contribution in [1.29, 1.82) is 0 Å². The third-order valence-corrected chi connectivity index (χ3v) is 2.25. The van der Waals surface area contributed by atoms with Gasteiger partial charge in [0.25, 0.3) is 5.91 Å². The molecule has 18 heavy (non-hydrogen) atoms. The summed E-state index contributed by atoms with van der Waals surface area (Å²) in [7, 11) is -3.71. The van der Waals surface area contributed by atoms with E-state index in [1.807, 2.05) is 0 Å². The van der Waals surface area contributed by atoms with Crippen LogP contribution in [0.15, 0.2) is 11.8 Å². The zero-order valence-electron chi connectivity index (χ0n) is 10.6. The molecule has 0 spiro atoms. The number of carbonyl (C=O) groups excluding carboxylic acids is 2. The van der Waals surface area contributed by atoms with Crippen LogP contribution in [-0.2, 0) is 23.8 Å². The van der Waals surface area contributed by atoms with Crippen LogP contribution in [0, 0.1) is 0 Å². The molecular formula is C10H15NO6S. The van der Waals surface area contributed by atoms with Crippen molar-refractivity contribution in [3.05, 3.63) is 11.8 Å². The number of amides is 2. The lowest BCUT2D eigenvalue weighted by atomic mass is 10.2. The summed E-state index contributed by atoms with van der Waals surface area (Å²) in [6.45, 7) is 4.73. The van der Waals surface area contributed by atoms with Crippen LogP contribution < -0.4 is 0 Å². The number of rotatable bonds is 2. The minimum absolute atomic E-state index is 0.103. The van der Waals surface area contributed by atoms with Gasteiger partial charge in [0.2, 0.25) is 0 Å². The van der Waals surface area contributed by atoms with Crippen molar-refractivity contribution in [2.75, 3.05) is 12.8 Å². The lowest BCUT2D eigenvalue weighted by Crippen LogP contribution is -2.38. The van der Waals surface area contributed by atoms with Crippen LogP contribution in [0.2, 0.25) is 0 Å². The SMILES string of the molecule is CC(C)(C)OC(=O)N1CC(OS(C)(=O)=O)=CC1=O. The van der Waals surface area contributed by atoms with E-state index in [9.17, 15) is 18.0 Å². The fourth-order valence-electron chi connectivity index (χ4n) is 1.21. The van der Waals surface area contributed by atoms with Crippen molar-refractivity contribution in [2.45, 2.75) is 26.4 Å². The van der Waals surface area contributed by atoms with Crippen LogP contribution in [0.1, 0.15) is 20.8 Å². The molecule has 0 fully saturated rings. The van der Waals surface area contributed by atoms with E-state index in [-0.39, 0.29) is 12.3 Å². The fourth-order valence-corrected chi connectivity index (χ4v) is 1.70. The molecular weight excluding hydrogens is 262 g/mol. The number of ether oxygens (including phenoxy) is 1. The van der Waals surface area contributed by atoms with Gasteiger partial charge in [-0.3, -0.25) is 4.79 Å². The maximum absolute atomic E-state index is 11.6. The first-order valence-electron chi connectivity index (χ1n) is 5.12. The van der Waals surface area contributed by atoms with Gasteiger partial charge in [0, 0.05) is 6.08 Å². The van der Waals surface area contributed by atoms with Gasteiger partial charge >= 0.3 is 16.2 Å². The van der Waals surface area contributed by atoms with E-state index in [0.717, 1.165) is 17.2 Å². The van der Waals surface area contributed by atoms with Crippen LogP contribution in [0.4, 0.5) is 4.79 Å². The monoisotopic (exact) mass is 277 g/mol. The number of carbonyl (C=O) groups is 2. The summed E-state index contributed by atoms with van der Waals surface area (Å²) in [6.07, 6.45) is 0.968. The Bertz CT molecular complexity index is 499. The highest BCUT2D eigenvalue weighted by Gasteiger charge is 2.33. The highest BCUT2D eigenvalue weighted by molar-refractivity contribution is 7.86. The Kier molecular flexibility index (Phi) is 3.70. The van der Waals surface area contributed by atoms with E-state index in [1.54, 1.807) is 20.8 Å². The van der Waals surface area contributed by atoms with Gasteiger partial charge in [-0.05, 0) is 20.8 Å². The number of nitrogens with zero attached hydrogens (tertiary/aromatic N) is 1. The third kappa shape index (κ3) is 4.36. The lowest BCUT2D eigenvalue weighted by Gasteiger charge is -2.23. The Morgan fingerprint density at radius 2 is 1.94 bits per heavy atom. The maximum atomic E-state index is 11.6. The first-order valence-corrected chi connectivity index (χ1v) is 6.94. The van der Waals surface area contributed by atoms with Gasteiger partial charge in [0.05, 0.1) is 12.8 Å². The molecule has 1 heterocycles. The van der Waals surface area contributed by atoms with Crippen molar-refractivity contribution in [2.24, 2.45) is 0 Å². The van der Waals surface area contributed by atoms with E-state index in [4.69, 9.17) is 4.74 Å². The first kappa shape index (κ1) is 14.5. The first-order chi connectivity index (χ1) is 7.98. The van der Waals surface area contributed by atoms with Gasteiger partial charge in [-0.2, -0.15) is 8.42 Å². The molecule has 0 saturated heterocycles. The topological polar surface area (TPSA) is 90.0 Å². The molecule has 102 valence electrons. The Balaban J connectivity index is 2.70. The van der Waals surface area contributed by atoms with Crippen LogP contribution in [0.3, 0.4) is 0 Å². The van der Waals surface area contributed by atoms with Crippen LogP contribution in [0.5, 0.6) is 0 Å². The minimum atomic E-state index is -3.71. The lowest BCUT2D eigenvalue weighted by molar-refractivity contribution is -0.123. The smallest absolute Gasteiger partial charge is 0.417 e. The number of imide groups is 1. The van der Waals surface area contributed by atoms with E-state index < -0.39 is 27.7 Å². The molecule has 0 N–H and O–H groups in total. The zero-order chi connectivity index (χ0) is 14.1. The van der Waals surface area contributed by atoms with Crippen molar-refractivity contribution < 1.29 is 26.9 Å². The Labute approximate surface area is 105 Å². The van der Waals surface area contributed by atoms with Crippen molar-refractivity contribution in [3.63, 3.8) is 0 Å². The normalized spacial score (nSPS) is 16.6. The molecule has 0 bridgehead atoms. The van der Waals surface area contributed by atoms with Crippen molar-refractivity contribution >= 4 is 22.1 Å². The second kappa shape index (κ2) is 4.60. The van der Waals surface area contributed by atoms with E-state index in [0.29, 0.717) is 0 Å². The van der Waals surface area contributed by atoms with Crippen LogP contribution in [-0.4, -0.2) is 43.7 Å². The molecule has 1 aliphatic rings. The molecule has 0 saturated carbocycles. The van der Waals surface area contributed by atoms with Crippen LogP contribution >= 0.6 is 0 Å². The summed E-state index contributed by atoms with van der Waals surface area (Å²) in [5.41, 5.74) is -0.738. The van der Waals surface area contributed by atoms with Crippen molar-refractivity contribution in [3.8, 4) is 0 Å². The molecule has 7 nitrogen and oxygen atoms in total. The van der Waals surface area contributed by atoms with E-state index >= 15 is 0 Å². The highest BCUT2D eigenvalue weighted by atomic mass is 32.2. The number of hydrogen-bond donors (Lipinski definition) is 0. The van der Waals surface area contributed by atoms with Gasteiger partial charge < -0.3 is 8.92 Å². The Hall–Kier alpha value is -1.57. The van der Waals surface area contributed by atoms with E-state index in [2.05, 4.69) is 4.18 Å². The quantitative estimate of drug-likeness (QED) is 0.687. The molecule has 1 aliphatic heterocycles. The standard InChI is InChI=1S/C10H15NO6S/c1-10(2,3)16-9(13)11-6-7(5-8(11)12)17-18(4,14)15/h5H,6H2,1-4H3. The molecule has 0 aromatic rings. The predicted molar refractivity (Wildman–Crippen MR) is 62.0 cm³/mol. The maximum Gasteiger partial charge on any atom is 0.417 e. The molecule has 0 aromatic carbocycles. The molecule has 2 amide bonds. The molecule has 0 aromatic heterocycles.